The van der Waals surface area contributed by atoms with E-state index in [1.54, 1.807) is 10.4 Å². The number of benzene rings is 1. The summed E-state index contributed by atoms with van der Waals surface area (Å²) in [6.45, 7) is 9.16. The summed E-state index contributed by atoms with van der Waals surface area (Å²) < 4.78 is 33.0. The lowest BCUT2D eigenvalue weighted by Gasteiger charge is -2.34. The third-order valence-corrected chi connectivity index (χ3v) is 6.06. The molecule has 0 spiro atoms. The van der Waals surface area contributed by atoms with E-state index in [2.05, 4.69) is 13.8 Å². The van der Waals surface area contributed by atoms with Gasteiger partial charge in [0, 0.05) is 13.1 Å². The maximum absolute atomic E-state index is 13.0. The van der Waals surface area contributed by atoms with Crippen LogP contribution < -0.4 is 4.74 Å². The van der Waals surface area contributed by atoms with Gasteiger partial charge in [-0.1, -0.05) is 19.9 Å². The number of methoxy groups -OCH3 is 1. The molecule has 21 heavy (non-hydrogen) atoms. The summed E-state index contributed by atoms with van der Waals surface area (Å²) in [5.41, 5.74) is 1.75. The van der Waals surface area contributed by atoms with Crippen molar-refractivity contribution in [3.63, 3.8) is 0 Å². The molecule has 1 aromatic carbocycles. The monoisotopic (exact) mass is 311 g/mol. The molecule has 1 aliphatic heterocycles. The summed E-state index contributed by atoms with van der Waals surface area (Å²) in [6.07, 6.45) is 1.08. The first-order valence-corrected chi connectivity index (χ1v) is 8.85. The molecule has 2 rings (SSSR count). The van der Waals surface area contributed by atoms with E-state index in [9.17, 15) is 8.42 Å². The van der Waals surface area contributed by atoms with E-state index in [0.717, 1.165) is 17.5 Å². The third kappa shape index (κ3) is 3.24. The second kappa shape index (κ2) is 5.97. The molecule has 0 bridgehead atoms. The van der Waals surface area contributed by atoms with Gasteiger partial charge in [0.25, 0.3) is 0 Å². The average Bonchev–Trinajstić information content (AvgIpc) is 2.35. The molecular formula is C16H25NO3S. The highest BCUT2D eigenvalue weighted by atomic mass is 32.2. The van der Waals surface area contributed by atoms with Crippen LogP contribution in [0.3, 0.4) is 0 Å². The van der Waals surface area contributed by atoms with Crippen LogP contribution in [-0.2, 0) is 10.0 Å². The zero-order chi connectivity index (χ0) is 15.8. The molecule has 1 saturated heterocycles. The first-order valence-electron chi connectivity index (χ1n) is 7.41. The maximum atomic E-state index is 13.0. The number of sulfonamides is 1. The highest BCUT2D eigenvalue weighted by molar-refractivity contribution is 7.89. The SMILES string of the molecule is COc1cc(C)cc(C)c1S(=O)(=O)N1C[C@@H](C)C[C@H](C)C1. The van der Waals surface area contributed by atoms with Crippen molar-refractivity contribution in [2.45, 2.75) is 39.0 Å². The molecule has 0 aromatic heterocycles. The lowest BCUT2D eigenvalue weighted by atomic mass is 9.94. The molecule has 0 unspecified atom stereocenters. The number of hydrogen-bond donors (Lipinski definition) is 0. The van der Waals surface area contributed by atoms with Crippen molar-refractivity contribution in [3.8, 4) is 5.75 Å². The predicted molar refractivity (Wildman–Crippen MR) is 84.2 cm³/mol. The summed E-state index contributed by atoms with van der Waals surface area (Å²) >= 11 is 0. The van der Waals surface area contributed by atoms with E-state index >= 15 is 0 Å². The molecule has 2 atom stereocenters. The highest BCUT2D eigenvalue weighted by Crippen LogP contribution is 2.34. The number of ether oxygens (including phenoxy) is 1. The summed E-state index contributed by atoms with van der Waals surface area (Å²) in [4.78, 5) is 0.317. The fraction of sp³-hybridized carbons (Fsp3) is 0.625. The van der Waals surface area contributed by atoms with Gasteiger partial charge in [-0.05, 0) is 49.3 Å². The fourth-order valence-corrected chi connectivity index (χ4v) is 5.35. The maximum Gasteiger partial charge on any atom is 0.247 e. The van der Waals surface area contributed by atoms with Crippen molar-refractivity contribution in [3.05, 3.63) is 23.3 Å². The van der Waals surface area contributed by atoms with E-state index in [4.69, 9.17) is 4.74 Å². The molecule has 0 N–H and O–H groups in total. The first kappa shape index (κ1) is 16.3. The summed E-state index contributed by atoms with van der Waals surface area (Å²) in [5.74, 6) is 1.22. The molecule has 0 saturated carbocycles. The van der Waals surface area contributed by atoms with Crippen LogP contribution in [0, 0.1) is 25.7 Å². The van der Waals surface area contributed by atoms with E-state index in [1.165, 1.54) is 7.11 Å². The lowest BCUT2D eigenvalue weighted by Crippen LogP contribution is -2.42. The average molecular weight is 311 g/mol. The molecule has 0 aliphatic carbocycles. The predicted octanol–water partition coefficient (Wildman–Crippen LogP) is 2.98. The van der Waals surface area contributed by atoms with E-state index in [-0.39, 0.29) is 0 Å². The Bertz CT molecular complexity index is 615. The lowest BCUT2D eigenvalue weighted by molar-refractivity contribution is 0.222. The van der Waals surface area contributed by atoms with Crippen LogP contribution in [0.25, 0.3) is 0 Å². The van der Waals surface area contributed by atoms with Crippen molar-refractivity contribution in [2.75, 3.05) is 20.2 Å². The molecule has 5 heteroatoms. The van der Waals surface area contributed by atoms with Gasteiger partial charge in [-0.15, -0.1) is 0 Å². The minimum Gasteiger partial charge on any atom is -0.495 e. The highest BCUT2D eigenvalue weighted by Gasteiger charge is 2.34. The summed E-state index contributed by atoms with van der Waals surface area (Å²) in [6, 6.07) is 3.68. The van der Waals surface area contributed by atoms with Crippen molar-refractivity contribution >= 4 is 10.0 Å². The van der Waals surface area contributed by atoms with Crippen LogP contribution >= 0.6 is 0 Å². The van der Waals surface area contributed by atoms with Crippen LogP contribution in [0.2, 0.25) is 0 Å². The van der Waals surface area contributed by atoms with Crippen molar-refractivity contribution in [1.82, 2.24) is 4.31 Å². The van der Waals surface area contributed by atoms with Crippen LogP contribution in [0.1, 0.15) is 31.4 Å². The molecule has 1 heterocycles. The quantitative estimate of drug-likeness (QED) is 0.862. The first-order chi connectivity index (χ1) is 9.75. The van der Waals surface area contributed by atoms with Gasteiger partial charge in [-0.2, -0.15) is 4.31 Å². The molecular weight excluding hydrogens is 286 g/mol. The second-order valence-corrected chi connectivity index (χ2v) is 8.26. The Labute approximate surface area is 128 Å². The zero-order valence-electron chi connectivity index (χ0n) is 13.5. The molecule has 0 amide bonds. The third-order valence-electron chi connectivity index (χ3n) is 4.04. The molecule has 1 fully saturated rings. The number of piperidine rings is 1. The van der Waals surface area contributed by atoms with E-state index in [1.807, 2.05) is 19.9 Å². The number of nitrogens with zero attached hydrogens (tertiary/aromatic N) is 1. The molecule has 1 aliphatic rings. The summed E-state index contributed by atoms with van der Waals surface area (Å²) in [7, 11) is -1.99. The Morgan fingerprint density at radius 1 is 1.14 bits per heavy atom. The van der Waals surface area contributed by atoms with Gasteiger partial charge in [0.1, 0.15) is 10.6 Å². The molecule has 1 aromatic rings. The standard InChI is InChI=1S/C16H25NO3S/c1-11-7-14(4)16(15(8-11)20-5)21(18,19)17-9-12(2)6-13(3)10-17/h7-8,12-13H,6,9-10H2,1-5H3/t12-,13-/m0/s1. The molecule has 118 valence electrons. The van der Waals surface area contributed by atoms with Gasteiger partial charge in [-0.3, -0.25) is 0 Å². The zero-order valence-corrected chi connectivity index (χ0v) is 14.3. The van der Waals surface area contributed by atoms with Gasteiger partial charge >= 0.3 is 0 Å². The summed E-state index contributed by atoms with van der Waals surface area (Å²) in [5, 5.41) is 0. The van der Waals surface area contributed by atoms with Gasteiger partial charge in [0.05, 0.1) is 7.11 Å². The number of aryl methyl sites for hydroxylation is 2. The Morgan fingerprint density at radius 3 is 2.24 bits per heavy atom. The Hall–Kier alpha value is -1.07. The van der Waals surface area contributed by atoms with Crippen molar-refractivity contribution in [2.24, 2.45) is 11.8 Å². The minimum atomic E-state index is -3.51. The van der Waals surface area contributed by atoms with E-state index in [0.29, 0.717) is 35.6 Å². The van der Waals surface area contributed by atoms with E-state index < -0.39 is 10.0 Å². The smallest absolute Gasteiger partial charge is 0.247 e. The van der Waals surface area contributed by atoms with Gasteiger partial charge < -0.3 is 4.74 Å². The minimum absolute atomic E-state index is 0.317. The Balaban J connectivity index is 2.49. The number of rotatable bonds is 3. The second-order valence-electron chi connectivity index (χ2n) is 6.38. The normalized spacial score (nSPS) is 24.0. The largest absolute Gasteiger partial charge is 0.495 e. The Morgan fingerprint density at radius 2 is 1.71 bits per heavy atom. The van der Waals surface area contributed by atoms with Crippen LogP contribution in [-0.4, -0.2) is 32.9 Å². The van der Waals surface area contributed by atoms with Crippen LogP contribution in [0.15, 0.2) is 17.0 Å². The topological polar surface area (TPSA) is 46.6 Å². The van der Waals surface area contributed by atoms with Gasteiger partial charge in [0.2, 0.25) is 10.0 Å². The van der Waals surface area contributed by atoms with Crippen LogP contribution in [0.4, 0.5) is 0 Å². The van der Waals surface area contributed by atoms with Gasteiger partial charge in [0.15, 0.2) is 0 Å². The fourth-order valence-electron chi connectivity index (χ4n) is 3.33. The van der Waals surface area contributed by atoms with Crippen molar-refractivity contribution in [1.29, 1.82) is 0 Å². The van der Waals surface area contributed by atoms with Crippen LogP contribution in [0.5, 0.6) is 5.75 Å². The molecule has 4 nitrogen and oxygen atoms in total. The molecule has 0 radical (unpaired) electrons. The van der Waals surface area contributed by atoms with Crippen molar-refractivity contribution < 1.29 is 13.2 Å². The Kier molecular flexibility index (Phi) is 4.63. The van der Waals surface area contributed by atoms with Gasteiger partial charge in [-0.25, -0.2) is 8.42 Å². The number of hydrogen-bond acceptors (Lipinski definition) is 3.